The number of piperidine rings is 1. The first kappa shape index (κ1) is 24.3. The highest BCUT2D eigenvalue weighted by Crippen LogP contribution is 2.38. The molecule has 2 aromatic rings. The molecule has 2 fully saturated rings. The number of hydrogen-bond acceptors (Lipinski definition) is 4. The van der Waals surface area contributed by atoms with E-state index in [9.17, 15) is 4.79 Å². The summed E-state index contributed by atoms with van der Waals surface area (Å²) in [6, 6.07) is 13.3. The van der Waals surface area contributed by atoms with Crippen molar-refractivity contribution in [2.75, 3.05) is 19.7 Å². The van der Waals surface area contributed by atoms with E-state index >= 15 is 0 Å². The first-order valence-corrected chi connectivity index (χ1v) is 16.5. The SMILES string of the molecule is CCOC(=O)C1CCN(Cc2ccc3cc(OC4CCC([Si](C)(C)C)CC4)ccc3c2)CC1. The molecule has 1 saturated heterocycles. The van der Waals surface area contributed by atoms with Gasteiger partial charge >= 0.3 is 5.97 Å². The summed E-state index contributed by atoms with van der Waals surface area (Å²) in [5.74, 6) is 1.06. The highest BCUT2D eigenvalue weighted by Gasteiger charge is 2.31. The monoisotopic (exact) mass is 467 g/mol. The standard InChI is InChI=1S/C28H41NO3Si/c1-5-31-28(30)22-14-16-29(17-15-22)20-21-6-7-24-19-26(9-8-23(24)18-21)32-25-10-12-27(13-11-25)33(2,3)4/h6-9,18-19,22,25,27H,5,10-17,20H2,1-4H3. The third kappa shape index (κ3) is 6.39. The largest absolute Gasteiger partial charge is 0.490 e. The van der Waals surface area contributed by atoms with Crippen LogP contribution in [0, 0.1) is 5.92 Å². The number of hydrogen-bond donors (Lipinski definition) is 0. The van der Waals surface area contributed by atoms with Gasteiger partial charge in [-0.2, -0.15) is 0 Å². The molecule has 0 radical (unpaired) electrons. The zero-order chi connectivity index (χ0) is 23.4. The van der Waals surface area contributed by atoms with Gasteiger partial charge in [0.1, 0.15) is 5.75 Å². The molecule has 33 heavy (non-hydrogen) atoms. The topological polar surface area (TPSA) is 38.8 Å². The van der Waals surface area contributed by atoms with Crippen molar-refractivity contribution in [1.82, 2.24) is 4.90 Å². The number of nitrogens with zero attached hydrogens (tertiary/aromatic N) is 1. The zero-order valence-corrected chi connectivity index (χ0v) is 21.9. The van der Waals surface area contributed by atoms with Crippen molar-refractivity contribution < 1.29 is 14.3 Å². The van der Waals surface area contributed by atoms with Gasteiger partial charge in [0, 0.05) is 14.6 Å². The summed E-state index contributed by atoms with van der Waals surface area (Å²) in [5.41, 5.74) is 2.28. The van der Waals surface area contributed by atoms with Gasteiger partial charge in [0.15, 0.2) is 0 Å². The molecule has 1 saturated carbocycles. The third-order valence-electron chi connectivity index (χ3n) is 7.69. The van der Waals surface area contributed by atoms with Crippen LogP contribution >= 0.6 is 0 Å². The molecule has 1 aliphatic heterocycles. The Bertz CT molecular complexity index is 938. The molecule has 0 N–H and O–H groups in total. The summed E-state index contributed by atoms with van der Waals surface area (Å²) in [4.78, 5) is 14.4. The Balaban J connectivity index is 1.31. The predicted molar refractivity (Wildman–Crippen MR) is 139 cm³/mol. The Morgan fingerprint density at radius 3 is 2.27 bits per heavy atom. The van der Waals surface area contributed by atoms with Crippen molar-refractivity contribution in [2.45, 2.75) is 83.3 Å². The Morgan fingerprint density at radius 2 is 1.61 bits per heavy atom. The van der Waals surface area contributed by atoms with Gasteiger partial charge in [-0.05, 0) is 98.6 Å². The summed E-state index contributed by atoms with van der Waals surface area (Å²) in [6.07, 6.45) is 7.20. The summed E-state index contributed by atoms with van der Waals surface area (Å²) < 4.78 is 11.6. The number of carbonyl (C=O) groups excluding carboxylic acids is 1. The molecule has 0 bridgehead atoms. The zero-order valence-electron chi connectivity index (χ0n) is 20.9. The number of likely N-dealkylation sites (tertiary alicyclic amines) is 1. The maximum absolute atomic E-state index is 12.0. The molecule has 1 aliphatic carbocycles. The molecule has 180 valence electrons. The molecule has 0 unspecified atom stereocenters. The fourth-order valence-electron chi connectivity index (χ4n) is 5.53. The lowest BCUT2D eigenvalue weighted by atomic mass is 9.96. The van der Waals surface area contributed by atoms with Gasteiger partial charge in [0.2, 0.25) is 0 Å². The van der Waals surface area contributed by atoms with Gasteiger partial charge in [-0.15, -0.1) is 0 Å². The number of carbonyl (C=O) groups is 1. The third-order valence-corrected chi connectivity index (χ3v) is 10.7. The lowest BCUT2D eigenvalue weighted by molar-refractivity contribution is -0.149. The van der Waals surface area contributed by atoms with Gasteiger partial charge in [0.25, 0.3) is 0 Å². The molecular weight excluding hydrogens is 426 g/mol. The maximum atomic E-state index is 12.0. The number of fused-ring (bicyclic) bond motifs is 1. The summed E-state index contributed by atoms with van der Waals surface area (Å²) in [5, 5.41) is 2.51. The van der Waals surface area contributed by atoms with E-state index < -0.39 is 8.07 Å². The van der Waals surface area contributed by atoms with Crippen molar-refractivity contribution in [3.63, 3.8) is 0 Å². The lowest BCUT2D eigenvalue weighted by Crippen LogP contribution is -2.36. The maximum Gasteiger partial charge on any atom is 0.309 e. The van der Waals surface area contributed by atoms with Crippen LogP contribution in [-0.2, 0) is 16.1 Å². The fraction of sp³-hybridized carbons (Fsp3) is 0.607. The molecule has 2 aliphatic rings. The average molecular weight is 468 g/mol. The molecule has 0 atom stereocenters. The highest BCUT2D eigenvalue weighted by molar-refractivity contribution is 6.77. The predicted octanol–water partition coefficient (Wildman–Crippen LogP) is 6.64. The van der Waals surface area contributed by atoms with Crippen LogP contribution in [0.5, 0.6) is 5.75 Å². The van der Waals surface area contributed by atoms with Crippen LogP contribution in [0.1, 0.15) is 51.0 Å². The Hall–Kier alpha value is -1.85. The Labute approximate surface area is 200 Å². The van der Waals surface area contributed by atoms with Gasteiger partial charge in [0.05, 0.1) is 18.6 Å². The van der Waals surface area contributed by atoms with Crippen molar-refractivity contribution in [3.05, 3.63) is 42.0 Å². The van der Waals surface area contributed by atoms with Crippen LogP contribution in [0.4, 0.5) is 0 Å². The van der Waals surface area contributed by atoms with E-state index in [4.69, 9.17) is 9.47 Å². The van der Waals surface area contributed by atoms with Gasteiger partial charge in [-0.25, -0.2) is 0 Å². The number of rotatable bonds is 7. The van der Waals surface area contributed by atoms with Crippen LogP contribution in [0.3, 0.4) is 0 Å². The van der Waals surface area contributed by atoms with Gasteiger partial charge < -0.3 is 9.47 Å². The molecule has 2 aromatic carbocycles. The molecule has 0 amide bonds. The second-order valence-electron chi connectivity index (χ2n) is 11.1. The Morgan fingerprint density at radius 1 is 0.939 bits per heavy atom. The van der Waals surface area contributed by atoms with Crippen LogP contribution < -0.4 is 4.74 Å². The lowest BCUT2D eigenvalue weighted by Gasteiger charge is -2.35. The molecule has 0 spiro atoms. The minimum absolute atomic E-state index is 0.0232. The normalized spacial score (nSPS) is 22.9. The summed E-state index contributed by atoms with van der Waals surface area (Å²) in [7, 11) is -1.03. The van der Waals surface area contributed by atoms with E-state index in [0.717, 1.165) is 43.8 Å². The van der Waals surface area contributed by atoms with E-state index in [1.54, 1.807) is 0 Å². The van der Waals surface area contributed by atoms with Crippen LogP contribution in [-0.4, -0.2) is 44.7 Å². The minimum Gasteiger partial charge on any atom is -0.490 e. The Kier molecular flexibility index (Phi) is 7.80. The van der Waals surface area contributed by atoms with Crippen LogP contribution in [0.15, 0.2) is 36.4 Å². The van der Waals surface area contributed by atoms with E-state index in [1.165, 1.54) is 42.0 Å². The number of benzene rings is 2. The van der Waals surface area contributed by atoms with Gasteiger partial charge in [-0.1, -0.05) is 37.8 Å². The van der Waals surface area contributed by atoms with Gasteiger partial charge in [-0.3, -0.25) is 9.69 Å². The molecule has 0 aromatic heterocycles. The molecular formula is C28H41NO3Si. The van der Waals surface area contributed by atoms with Crippen molar-refractivity contribution >= 4 is 24.8 Å². The fourth-order valence-corrected chi connectivity index (χ4v) is 7.59. The van der Waals surface area contributed by atoms with Crippen molar-refractivity contribution in [2.24, 2.45) is 5.92 Å². The minimum atomic E-state index is -1.03. The van der Waals surface area contributed by atoms with Crippen LogP contribution in [0.25, 0.3) is 10.8 Å². The van der Waals surface area contributed by atoms with Crippen LogP contribution in [0.2, 0.25) is 25.2 Å². The quantitative estimate of drug-likeness (QED) is 0.338. The average Bonchev–Trinajstić information content (AvgIpc) is 2.79. The molecule has 1 heterocycles. The molecule has 5 heteroatoms. The smallest absolute Gasteiger partial charge is 0.309 e. The van der Waals surface area contributed by atoms with E-state index in [0.29, 0.717) is 12.7 Å². The van der Waals surface area contributed by atoms with E-state index in [-0.39, 0.29) is 11.9 Å². The second-order valence-corrected chi connectivity index (χ2v) is 16.7. The number of esters is 1. The summed E-state index contributed by atoms with van der Waals surface area (Å²) in [6.45, 7) is 12.7. The summed E-state index contributed by atoms with van der Waals surface area (Å²) >= 11 is 0. The van der Waals surface area contributed by atoms with Crippen molar-refractivity contribution in [3.8, 4) is 5.75 Å². The first-order valence-electron chi connectivity index (χ1n) is 12.9. The van der Waals surface area contributed by atoms with E-state index in [1.807, 2.05) is 6.92 Å². The van der Waals surface area contributed by atoms with Crippen molar-refractivity contribution in [1.29, 1.82) is 0 Å². The molecule has 4 rings (SSSR count). The molecule has 4 nitrogen and oxygen atoms in total. The number of ether oxygens (including phenoxy) is 2. The first-order chi connectivity index (χ1) is 15.8. The van der Waals surface area contributed by atoms with E-state index in [2.05, 4.69) is 60.9 Å². The highest BCUT2D eigenvalue weighted by atomic mass is 28.3. The second kappa shape index (κ2) is 10.6.